The fourth-order valence-corrected chi connectivity index (χ4v) is 1.39. The van der Waals surface area contributed by atoms with E-state index in [0.717, 1.165) is 17.0 Å². The second-order valence-electron chi connectivity index (χ2n) is 3.65. The highest BCUT2D eigenvalue weighted by Crippen LogP contribution is 2.23. The molecule has 1 aromatic carbocycles. The minimum Gasteiger partial charge on any atom is -0.497 e. The van der Waals surface area contributed by atoms with Crippen LogP contribution in [0.15, 0.2) is 30.6 Å². The molecule has 0 fully saturated rings. The molecule has 1 aromatic heterocycles. The fraction of sp³-hybridized carbons (Fsp3) is 0.167. The summed E-state index contributed by atoms with van der Waals surface area (Å²) in [5.41, 5.74) is 8.06. The lowest BCUT2D eigenvalue weighted by molar-refractivity contribution is 0.415. The first-order valence-electron chi connectivity index (χ1n) is 5.18. The van der Waals surface area contributed by atoms with Gasteiger partial charge in [-0.05, 0) is 18.6 Å². The van der Waals surface area contributed by atoms with Gasteiger partial charge in [0.15, 0.2) is 0 Å². The third-order valence-electron chi connectivity index (χ3n) is 2.36. The van der Waals surface area contributed by atoms with E-state index >= 15 is 0 Å². The van der Waals surface area contributed by atoms with E-state index < -0.39 is 0 Å². The van der Waals surface area contributed by atoms with Gasteiger partial charge < -0.3 is 15.8 Å². The lowest BCUT2D eigenvalue weighted by Gasteiger charge is -2.09. The molecule has 0 radical (unpaired) electrons. The highest BCUT2D eigenvalue weighted by atomic mass is 16.5. The van der Waals surface area contributed by atoms with Gasteiger partial charge in [0.2, 0.25) is 5.95 Å². The van der Waals surface area contributed by atoms with Crippen molar-refractivity contribution in [3.8, 4) is 5.75 Å². The third-order valence-corrected chi connectivity index (χ3v) is 2.36. The Morgan fingerprint density at radius 1 is 1.24 bits per heavy atom. The van der Waals surface area contributed by atoms with Gasteiger partial charge in [0.05, 0.1) is 25.2 Å². The maximum atomic E-state index is 5.52. The van der Waals surface area contributed by atoms with Crippen LogP contribution in [0.1, 0.15) is 5.56 Å². The molecule has 1 heterocycles. The van der Waals surface area contributed by atoms with Crippen molar-refractivity contribution in [3.63, 3.8) is 0 Å². The van der Waals surface area contributed by atoms with Gasteiger partial charge in [-0.1, -0.05) is 6.07 Å². The van der Waals surface area contributed by atoms with E-state index in [1.807, 2.05) is 25.1 Å². The fourth-order valence-electron chi connectivity index (χ4n) is 1.39. The van der Waals surface area contributed by atoms with Gasteiger partial charge in [-0.2, -0.15) is 0 Å². The van der Waals surface area contributed by atoms with E-state index in [-0.39, 0.29) is 0 Å². The topological polar surface area (TPSA) is 73.1 Å². The molecule has 2 rings (SSSR count). The zero-order valence-electron chi connectivity index (χ0n) is 9.77. The molecule has 88 valence electrons. The minimum atomic E-state index is 0.510. The largest absolute Gasteiger partial charge is 0.497 e. The molecule has 0 spiro atoms. The zero-order chi connectivity index (χ0) is 12.3. The van der Waals surface area contributed by atoms with E-state index in [9.17, 15) is 0 Å². The van der Waals surface area contributed by atoms with Crippen molar-refractivity contribution in [3.05, 3.63) is 36.2 Å². The van der Waals surface area contributed by atoms with Crippen molar-refractivity contribution in [1.82, 2.24) is 9.97 Å². The predicted molar refractivity (Wildman–Crippen MR) is 67.5 cm³/mol. The summed E-state index contributed by atoms with van der Waals surface area (Å²) in [6, 6.07) is 5.78. The molecule has 2 aromatic rings. The molecule has 5 nitrogen and oxygen atoms in total. The molecular formula is C12H14N4O. The first kappa shape index (κ1) is 11.2. The standard InChI is InChI=1S/C12H14N4O/c1-8-3-4-10(17-2)5-11(8)16-12-14-6-9(13)7-15-12/h3-7H,13H2,1-2H3,(H,14,15,16). The van der Waals surface area contributed by atoms with Crippen LogP contribution in [-0.4, -0.2) is 17.1 Å². The molecule has 0 aliphatic heterocycles. The van der Waals surface area contributed by atoms with Gasteiger partial charge in [0.1, 0.15) is 5.75 Å². The van der Waals surface area contributed by atoms with E-state index in [4.69, 9.17) is 10.5 Å². The van der Waals surface area contributed by atoms with E-state index in [0.29, 0.717) is 11.6 Å². The van der Waals surface area contributed by atoms with Gasteiger partial charge in [-0.15, -0.1) is 0 Å². The van der Waals surface area contributed by atoms with Gasteiger partial charge in [0, 0.05) is 11.8 Å². The molecule has 3 N–H and O–H groups in total. The average molecular weight is 230 g/mol. The van der Waals surface area contributed by atoms with Gasteiger partial charge >= 0.3 is 0 Å². The number of hydrogen-bond acceptors (Lipinski definition) is 5. The predicted octanol–water partition coefficient (Wildman–Crippen LogP) is 2.12. The number of ether oxygens (including phenoxy) is 1. The Bertz CT molecular complexity index is 510. The van der Waals surface area contributed by atoms with Crippen molar-refractivity contribution in [1.29, 1.82) is 0 Å². The summed E-state index contributed by atoms with van der Waals surface area (Å²) in [5.74, 6) is 1.30. The number of aromatic nitrogens is 2. The molecule has 5 heteroatoms. The SMILES string of the molecule is COc1ccc(C)c(Nc2ncc(N)cn2)c1. The first-order valence-corrected chi connectivity index (χ1v) is 5.18. The number of rotatable bonds is 3. The van der Waals surface area contributed by atoms with Crippen LogP contribution in [0.4, 0.5) is 17.3 Å². The van der Waals surface area contributed by atoms with Crippen LogP contribution < -0.4 is 15.8 Å². The summed E-state index contributed by atoms with van der Waals surface area (Å²) >= 11 is 0. The summed E-state index contributed by atoms with van der Waals surface area (Å²) in [4.78, 5) is 8.16. The van der Waals surface area contributed by atoms with E-state index in [2.05, 4.69) is 15.3 Å². The summed E-state index contributed by atoms with van der Waals surface area (Å²) in [7, 11) is 1.63. The number of nitrogens with zero attached hydrogens (tertiary/aromatic N) is 2. The summed E-state index contributed by atoms with van der Waals surface area (Å²) < 4.78 is 5.17. The monoisotopic (exact) mass is 230 g/mol. The van der Waals surface area contributed by atoms with Gasteiger partial charge in [-0.3, -0.25) is 0 Å². The highest BCUT2D eigenvalue weighted by molar-refractivity contribution is 5.60. The first-order chi connectivity index (χ1) is 8.19. The van der Waals surface area contributed by atoms with Crippen molar-refractivity contribution in [2.75, 3.05) is 18.2 Å². The summed E-state index contributed by atoms with van der Waals surface area (Å²) in [5, 5.41) is 3.12. The molecule has 0 aliphatic carbocycles. The Kier molecular flexibility index (Phi) is 3.09. The highest BCUT2D eigenvalue weighted by Gasteiger charge is 2.02. The summed E-state index contributed by atoms with van der Waals surface area (Å²) in [6.07, 6.45) is 3.12. The molecule has 0 bridgehead atoms. The van der Waals surface area contributed by atoms with Crippen molar-refractivity contribution in [2.24, 2.45) is 0 Å². The van der Waals surface area contributed by atoms with Crippen molar-refractivity contribution >= 4 is 17.3 Å². The Morgan fingerprint density at radius 3 is 2.59 bits per heavy atom. The maximum Gasteiger partial charge on any atom is 0.227 e. The van der Waals surface area contributed by atoms with Gasteiger partial charge in [0.25, 0.3) is 0 Å². The quantitative estimate of drug-likeness (QED) is 0.844. The number of hydrogen-bond donors (Lipinski definition) is 2. The summed E-state index contributed by atoms with van der Waals surface area (Å²) in [6.45, 7) is 2.00. The van der Waals surface area contributed by atoms with E-state index in [1.165, 1.54) is 0 Å². The second-order valence-corrected chi connectivity index (χ2v) is 3.65. The number of anilines is 3. The van der Waals surface area contributed by atoms with Gasteiger partial charge in [-0.25, -0.2) is 9.97 Å². The van der Waals surface area contributed by atoms with Crippen LogP contribution in [0, 0.1) is 6.92 Å². The van der Waals surface area contributed by atoms with Crippen LogP contribution in [0.2, 0.25) is 0 Å². The molecule has 17 heavy (non-hydrogen) atoms. The lowest BCUT2D eigenvalue weighted by atomic mass is 10.2. The lowest BCUT2D eigenvalue weighted by Crippen LogP contribution is -1.99. The van der Waals surface area contributed by atoms with Crippen molar-refractivity contribution in [2.45, 2.75) is 6.92 Å². The number of aryl methyl sites for hydroxylation is 1. The molecule has 0 saturated carbocycles. The van der Waals surface area contributed by atoms with Crippen molar-refractivity contribution < 1.29 is 4.74 Å². The molecule has 0 unspecified atom stereocenters. The second kappa shape index (κ2) is 4.69. The van der Waals surface area contributed by atoms with Crippen LogP contribution in [0.5, 0.6) is 5.75 Å². The van der Waals surface area contributed by atoms with Crippen LogP contribution in [-0.2, 0) is 0 Å². The smallest absolute Gasteiger partial charge is 0.227 e. The molecular weight excluding hydrogens is 216 g/mol. The van der Waals surface area contributed by atoms with Crippen LogP contribution >= 0.6 is 0 Å². The number of nitrogen functional groups attached to an aromatic ring is 1. The zero-order valence-corrected chi connectivity index (χ0v) is 9.77. The number of methoxy groups -OCH3 is 1. The Balaban J connectivity index is 2.25. The number of nitrogens with two attached hydrogens (primary N) is 1. The van der Waals surface area contributed by atoms with E-state index in [1.54, 1.807) is 19.5 Å². The Morgan fingerprint density at radius 2 is 1.94 bits per heavy atom. The number of nitrogens with one attached hydrogen (secondary N) is 1. The molecule has 0 aliphatic rings. The third kappa shape index (κ3) is 2.63. The minimum absolute atomic E-state index is 0.510. The van der Waals surface area contributed by atoms with Crippen LogP contribution in [0.25, 0.3) is 0 Å². The Labute approximate surface area is 99.7 Å². The molecule has 0 saturated heterocycles. The maximum absolute atomic E-state index is 5.52. The normalized spacial score (nSPS) is 10.0. The number of benzene rings is 1. The van der Waals surface area contributed by atoms with Crippen LogP contribution in [0.3, 0.4) is 0 Å². The molecule has 0 atom stereocenters. The Hall–Kier alpha value is -2.30. The molecule has 0 amide bonds. The average Bonchev–Trinajstić information content (AvgIpc) is 2.35.